The highest BCUT2D eigenvalue weighted by Gasteiger charge is 2.25. The third-order valence-corrected chi connectivity index (χ3v) is 5.23. The van der Waals surface area contributed by atoms with E-state index in [9.17, 15) is 9.59 Å². The number of hydrogen-bond acceptors (Lipinski definition) is 5. The second-order valence-corrected chi connectivity index (χ2v) is 6.93. The van der Waals surface area contributed by atoms with E-state index in [0.29, 0.717) is 11.4 Å². The van der Waals surface area contributed by atoms with Gasteiger partial charge in [0.25, 0.3) is 0 Å². The standard InChI is InChI=1S/C18H22N2O3S/c21-15(17-6-4-12-24-17)7-8-18(22)19-13-14(16-5-3-11-23-16)20-9-1-2-10-20/h3-6,11-12,14H,1-2,7-10,13H2,(H,19,22)/t14-/m1/s1. The van der Waals surface area contributed by atoms with Crippen molar-refractivity contribution in [3.05, 3.63) is 46.5 Å². The highest BCUT2D eigenvalue weighted by Crippen LogP contribution is 2.24. The van der Waals surface area contributed by atoms with Crippen molar-refractivity contribution < 1.29 is 14.0 Å². The van der Waals surface area contributed by atoms with Crippen LogP contribution in [0, 0.1) is 0 Å². The zero-order valence-electron chi connectivity index (χ0n) is 13.6. The normalized spacial score (nSPS) is 16.2. The highest BCUT2D eigenvalue weighted by atomic mass is 32.1. The Bertz CT molecular complexity index is 646. The molecular weight excluding hydrogens is 324 g/mol. The molecule has 3 heterocycles. The first-order valence-electron chi connectivity index (χ1n) is 8.35. The van der Waals surface area contributed by atoms with Crippen molar-refractivity contribution >= 4 is 23.0 Å². The summed E-state index contributed by atoms with van der Waals surface area (Å²) < 4.78 is 5.54. The van der Waals surface area contributed by atoms with E-state index in [0.717, 1.165) is 18.8 Å². The summed E-state index contributed by atoms with van der Waals surface area (Å²) in [5, 5.41) is 4.83. The molecule has 0 aliphatic carbocycles. The number of Topliss-reactive ketones (excluding diaryl/α,β-unsaturated/α-hetero) is 1. The Kier molecular flexibility index (Phi) is 5.82. The number of carbonyl (C=O) groups is 2. The fourth-order valence-electron chi connectivity index (χ4n) is 3.03. The molecule has 6 heteroatoms. The van der Waals surface area contributed by atoms with Crippen LogP contribution in [-0.2, 0) is 4.79 Å². The second kappa shape index (κ2) is 8.26. The summed E-state index contributed by atoms with van der Waals surface area (Å²) in [7, 11) is 0. The largest absolute Gasteiger partial charge is 0.468 e. The van der Waals surface area contributed by atoms with Gasteiger partial charge in [-0.2, -0.15) is 0 Å². The second-order valence-electron chi connectivity index (χ2n) is 5.98. The van der Waals surface area contributed by atoms with Crippen LogP contribution < -0.4 is 5.32 Å². The number of hydrogen-bond donors (Lipinski definition) is 1. The van der Waals surface area contributed by atoms with Gasteiger partial charge in [0.2, 0.25) is 5.91 Å². The van der Waals surface area contributed by atoms with Gasteiger partial charge < -0.3 is 9.73 Å². The number of ketones is 1. The van der Waals surface area contributed by atoms with Gasteiger partial charge in [-0.3, -0.25) is 14.5 Å². The van der Waals surface area contributed by atoms with Crippen molar-refractivity contribution in [2.45, 2.75) is 31.7 Å². The van der Waals surface area contributed by atoms with Gasteiger partial charge in [0.15, 0.2) is 5.78 Å². The fraction of sp³-hybridized carbons (Fsp3) is 0.444. The molecule has 5 nitrogen and oxygen atoms in total. The molecule has 3 rings (SSSR count). The van der Waals surface area contributed by atoms with Gasteiger partial charge >= 0.3 is 0 Å². The van der Waals surface area contributed by atoms with Crippen molar-refractivity contribution in [3.8, 4) is 0 Å². The van der Waals surface area contributed by atoms with Crippen molar-refractivity contribution in [1.82, 2.24) is 10.2 Å². The Morgan fingerprint density at radius 1 is 1.21 bits per heavy atom. The molecule has 0 saturated carbocycles. The van der Waals surface area contributed by atoms with Gasteiger partial charge in [0.05, 0.1) is 17.2 Å². The predicted molar refractivity (Wildman–Crippen MR) is 93.1 cm³/mol. The topological polar surface area (TPSA) is 62.6 Å². The SMILES string of the molecule is O=C(CCC(=O)c1cccs1)NC[C@H](c1ccco1)N1CCCC1. The quantitative estimate of drug-likeness (QED) is 0.745. The maximum atomic E-state index is 12.1. The molecule has 1 aliphatic rings. The Balaban J connectivity index is 1.49. The molecule has 128 valence electrons. The molecule has 1 saturated heterocycles. The van der Waals surface area contributed by atoms with E-state index in [1.54, 1.807) is 12.3 Å². The number of amides is 1. The van der Waals surface area contributed by atoms with E-state index in [-0.39, 0.29) is 30.6 Å². The molecule has 0 spiro atoms. The van der Waals surface area contributed by atoms with Gasteiger partial charge in [-0.25, -0.2) is 0 Å². The van der Waals surface area contributed by atoms with Crippen molar-refractivity contribution in [2.75, 3.05) is 19.6 Å². The molecule has 2 aromatic rings. The minimum Gasteiger partial charge on any atom is -0.468 e. The zero-order valence-corrected chi connectivity index (χ0v) is 14.4. The first-order valence-corrected chi connectivity index (χ1v) is 9.23. The lowest BCUT2D eigenvalue weighted by Gasteiger charge is -2.26. The van der Waals surface area contributed by atoms with E-state index in [2.05, 4.69) is 10.2 Å². The first-order chi connectivity index (χ1) is 11.7. The van der Waals surface area contributed by atoms with Crippen molar-refractivity contribution in [3.63, 3.8) is 0 Å². The lowest BCUT2D eigenvalue weighted by atomic mass is 10.1. The first kappa shape index (κ1) is 16.9. The maximum Gasteiger partial charge on any atom is 0.220 e. The van der Waals surface area contributed by atoms with E-state index < -0.39 is 0 Å². The highest BCUT2D eigenvalue weighted by molar-refractivity contribution is 7.12. The Labute approximate surface area is 145 Å². The van der Waals surface area contributed by atoms with Gasteiger partial charge in [-0.15, -0.1) is 11.3 Å². The number of carbonyl (C=O) groups excluding carboxylic acids is 2. The molecule has 1 fully saturated rings. The average Bonchev–Trinajstić information content (AvgIpc) is 3.35. The van der Waals surface area contributed by atoms with E-state index in [1.165, 1.54) is 24.2 Å². The minimum absolute atomic E-state index is 0.0299. The maximum absolute atomic E-state index is 12.1. The molecule has 0 aromatic carbocycles. The summed E-state index contributed by atoms with van der Waals surface area (Å²) >= 11 is 1.42. The molecule has 1 aliphatic heterocycles. The number of likely N-dealkylation sites (tertiary alicyclic amines) is 1. The molecule has 2 aromatic heterocycles. The average molecular weight is 346 g/mol. The van der Waals surface area contributed by atoms with Crippen LogP contribution >= 0.6 is 11.3 Å². The third kappa shape index (κ3) is 4.33. The lowest BCUT2D eigenvalue weighted by molar-refractivity contribution is -0.121. The summed E-state index contributed by atoms with van der Waals surface area (Å²) in [5.74, 6) is 0.824. The van der Waals surface area contributed by atoms with Crippen LogP contribution in [0.15, 0.2) is 40.3 Å². The van der Waals surface area contributed by atoms with Crippen LogP contribution in [0.2, 0.25) is 0 Å². The molecule has 0 unspecified atom stereocenters. The van der Waals surface area contributed by atoms with E-state index in [1.807, 2.05) is 23.6 Å². The zero-order chi connectivity index (χ0) is 16.8. The van der Waals surface area contributed by atoms with Crippen molar-refractivity contribution in [1.29, 1.82) is 0 Å². The Hall–Kier alpha value is -1.92. The summed E-state index contributed by atoms with van der Waals surface area (Å²) in [5.41, 5.74) is 0. The van der Waals surface area contributed by atoms with Gasteiger partial charge in [0.1, 0.15) is 5.76 Å². The monoisotopic (exact) mass is 346 g/mol. The predicted octanol–water partition coefficient (Wildman–Crippen LogP) is 3.26. The van der Waals surface area contributed by atoms with Gasteiger partial charge in [-0.05, 0) is 49.5 Å². The van der Waals surface area contributed by atoms with Crippen LogP contribution in [0.25, 0.3) is 0 Å². The summed E-state index contributed by atoms with van der Waals surface area (Å²) in [6.45, 7) is 2.57. The molecule has 0 bridgehead atoms. The number of rotatable bonds is 8. The van der Waals surface area contributed by atoms with Crippen LogP contribution in [0.3, 0.4) is 0 Å². The summed E-state index contributed by atoms with van der Waals surface area (Å²) in [6, 6.07) is 7.54. The van der Waals surface area contributed by atoms with Crippen LogP contribution in [0.4, 0.5) is 0 Å². The van der Waals surface area contributed by atoms with Crippen LogP contribution in [0.1, 0.15) is 47.2 Å². The van der Waals surface area contributed by atoms with E-state index in [4.69, 9.17) is 4.42 Å². The van der Waals surface area contributed by atoms with E-state index >= 15 is 0 Å². The number of nitrogens with zero attached hydrogens (tertiary/aromatic N) is 1. The number of furan rings is 1. The number of thiophene rings is 1. The smallest absolute Gasteiger partial charge is 0.220 e. The molecule has 0 radical (unpaired) electrons. The summed E-state index contributed by atoms with van der Waals surface area (Å²) in [6.07, 6.45) is 4.50. The Morgan fingerprint density at radius 3 is 2.71 bits per heavy atom. The fourth-order valence-corrected chi connectivity index (χ4v) is 3.72. The van der Waals surface area contributed by atoms with Crippen LogP contribution in [-0.4, -0.2) is 36.2 Å². The molecule has 24 heavy (non-hydrogen) atoms. The van der Waals surface area contributed by atoms with Gasteiger partial charge in [-0.1, -0.05) is 6.07 Å². The molecule has 1 N–H and O–H groups in total. The molecule has 1 atom stereocenters. The minimum atomic E-state index is -0.0874. The van der Waals surface area contributed by atoms with Gasteiger partial charge in [0, 0.05) is 19.4 Å². The number of nitrogens with one attached hydrogen (secondary N) is 1. The Morgan fingerprint density at radius 2 is 2.04 bits per heavy atom. The van der Waals surface area contributed by atoms with Crippen molar-refractivity contribution in [2.24, 2.45) is 0 Å². The molecular formula is C18H22N2O3S. The molecule has 1 amide bonds. The lowest BCUT2D eigenvalue weighted by Crippen LogP contribution is -2.36. The third-order valence-electron chi connectivity index (χ3n) is 4.32. The summed E-state index contributed by atoms with van der Waals surface area (Å²) in [4.78, 5) is 27.1. The van der Waals surface area contributed by atoms with Crippen LogP contribution in [0.5, 0.6) is 0 Å².